The third-order valence-corrected chi connectivity index (χ3v) is 8.43. The van der Waals surface area contributed by atoms with Crippen LogP contribution in [0.5, 0.6) is 5.75 Å². The summed E-state index contributed by atoms with van der Waals surface area (Å²) in [5.74, 6) is 0.889. The van der Waals surface area contributed by atoms with Gasteiger partial charge in [-0.1, -0.05) is 39.8 Å². The normalized spacial score (nSPS) is 12.9. The molecule has 1 rings (SSSR count). The van der Waals surface area contributed by atoms with Crippen molar-refractivity contribution in [3.8, 4) is 5.75 Å². The minimum absolute atomic E-state index is 0.165. The second kappa shape index (κ2) is 7.24. The number of rotatable bonds is 5. The lowest BCUT2D eigenvalue weighted by molar-refractivity contribution is 0.492. The molecule has 122 valence electrons. The Kier molecular flexibility index (Phi) is 6.14. The molecular formula is C16H27N3OSSi. The molecule has 0 aromatic heterocycles. The highest BCUT2D eigenvalue weighted by atomic mass is 32.1. The summed E-state index contributed by atoms with van der Waals surface area (Å²) in [6, 6.07) is 8.04. The molecule has 0 unspecified atom stereocenters. The van der Waals surface area contributed by atoms with Crippen molar-refractivity contribution in [3.63, 3.8) is 0 Å². The molecular weight excluding hydrogens is 310 g/mol. The van der Waals surface area contributed by atoms with Gasteiger partial charge in [-0.3, -0.25) is 5.43 Å². The van der Waals surface area contributed by atoms with Crippen LogP contribution in [0.1, 0.15) is 39.7 Å². The zero-order chi connectivity index (χ0) is 17.0. The van der Waals surface area contributed by atoms with Gasteiger partial charge < -0.3 is 10.2 Å². The zero-order valence-electron chi connectivity index (χ0n) is 14.4. The molecule has 6 heteroatoms. The number of thiocarbonyl (C=S) groups is 1. The topological polar surface area (TPSA) is 59.6 Å². The summed E-state index contributed by atoms with van der Waals surface area (Å²) in [4.78, 5) is 0. The number of nitrogens with zero attached hydrogens (tertiary/aromatic N) is 1. The van der Waals surface area contributed by atoms with E-state index in [0.29, 0.717) is 0 Å². The van der Waals surface area contributed by atoms with Gasteiger partial charge in [-0.05, 0) is 48.9 Å². The maximum Gasteiger partial charge on any atom is 0.250 e. The highest BCUT2D eigenvalue weighted by molar-refractivity contribution is 7.80. The van der Waals surface area contributed by atoms with Gasteiger partial charge in [-0.15, -0.1) is 0 Å². The minimum Gasteiger partial charge on any atom is -0.543 e. The largest absolute Gasteiger partial charge is 0.543 e. The molecule has 0 atom stereocenters. The number of hydrogen-bond donors (Lipinski definition) is 2. The summed E-state index contributed by atoms with van der Waals surface area (Å²) in [6.45, 7) is 13.2. The molecule has 22 heavy (non-hydrogen) atoms. The van der Waals surface area contributed by atoms with Crippen LogP contribution >= 0.6 is 12.2 Å². The lowest BCUT2D eigenvalue weighted by Crippen LogP contribution is -2.43. The van der Waals surface area contributed by atoms with Crippen molar-refractivity contribution in [1.82, 2.24) is 5.43 Å². The molecule has 0 saturated carbocycles. The highest BCUT2D eigenvalue weighted by Gasteiger charge is 2.38. The van der Waals surface area contributed by atoms with Crippen LogP contribution < -0.4 is 15.6 Å². The molecule has 0 saturated heterocycles. The van der Waals surface area contributed by atoms with Crippen LogP contribution in [-0.4, -0.2) is 19.1 Å². The maximum absolute atomic E-state index is 6.34. The van der Waals surface area contributed by atoms with Gasteiger partial charge in [-0.2, -0.15) is 5.10 Å². The molecule has 0 spiro atoms. The Labute approximate surface area is 140 Å². The van der Waals surface area contributed by atoms with Crippen LogP contribution in [0.15, 0.2) is 29.4 Å². The van der Waals surface area contributed by atoms with Crippen molar-refractivity contribution in [3.05, 3.63) is 29.8 Å². The molecule has 1 aromatic rings. The zero-order valence-corrected chi connectivity index (χ0v) is 16.2. The number of hydrazone groups is 1. The average Bonchev–Trinajstić information content (AvgIpc) is 2.37. The summed E-state index contributed by atoms with van der Waals surface area (Å²) in [5.41, 5.74) is 9.99. The van der Waals surface area contributed by atoms with E-state index in [4.69, 9.17) is 22.4 Å². The molecule has 0 aliphatic carbocycles. The Hall–Kier alpha value is -1.40. The van der Waals surface area contributed by atoms with Gasteiger partial charge in [0.05, 0.1) is 5.71 Å². The van der Waals surface area contributed by atoms with Gasteiger partial charge in [0, 0.05) is 5.56 Å². The van der Waals surface area contributed by atoms with E-state index in [9.17, 15) is 0 Å². The van der Waals surface area contributed by atoms with Crippen LogP contribution in [-0.2, 0) is 0 Å². The molecule has 0 amide bonds. The summed E-state index contributed by atoms with van der Waals surface area (Å²) in [5, 5.41) is 4.59. The summed E-state index contributed by atoms with van der Waals surface area (Å²) in [7, 11) is -1.85. The molecule has 4 nitrogen and oxygen atoms in total. The Morgan fingerprint density at radius 3 is 2.50 bits per heavy atom. The first kappa shape index (κ1) is 18.6. The predicted molar refractivity (Wildman–Crippen MR) is 101 cm³/mol. The first-order chi connectivity index (χ1) is 10.1. The Bertz CT molecular complexity index is 565. The van der Waals surface area contributed by atoms with E-state index in [1.165, 1.54) is 0 Å². The summed E-state index contributed by atoms with van der Waals surface area (Å²) < 4.78 is 6.34. The fraction of sp³-hybridized carbons (Fsp3) is 0.500. The van der Waals surface area contributed by atoms with Crippen LogP contribution in [0.3, 0.4) is 0 Å². The summed E-state index contributed by atoms with van der Waals surface area (Å²) in [6.07, 6.45) is 0.777. The third kappa shape index (κ3) is 5.10. The molecule has 0 aliphatic heterocycles. The van der Waals surface area contributed by atoms with Crippen molar-refractivity contribution in [2.75, 3.05) is 0 Å². The summed E-state index contributed by atoms with van der Waals surface area (Å²) >= 11 is 4.79. The average molecular weight is 338 g/mol. The number of benzene rings is 1. The minimum atomic E-state index is -1.85. The van der Waals surface area contributed by atoms with E-state index < -0.39 is 8.32 Å². The quantitative estimate of drug-likeness (QED) is 0.369. The maximum atomic E-state index is 6.34. The Morgan fingerprint density at radius 2 is 2.00 bits per heavy atom. The van der Waals surface area contributed by atoms with E-state index in [2.05, 4.69) is 44.4 Å². The molecule has 0 radical (unpaired) electrons. The molecule has 0 bridgehead atoms. The molecule has 3 N–H and O–H groups in total. The van der Waals surface area contributed by atoms with Crippen LogP contribution in [0.4, 0.5) is 0 Å². The van der Waals surface area contributed by atoms with Gasteiger partial charge >= 0.3 is 0 Å². The first-order valence-corrected chi connectivity index (χ1v) is 10.8. The van der Waals surface area contributed by atoms with Crippen LogP contribution in [0, 0.1) is 0 Å². The van der Waals surface area contributed by atoms with Crippen molar-refractivity contribution in [2.45, 2.75) is 52.2 Å². The standard InChI is InChI=1S/C16H27N3OSSi/c1-7-14(18-19-15(17)21)12-9-8-10-13(11-12)20-22(5,6)16(2,3)4/h8-11H,7H2,1-6H3,(H3,17,19,21). The van der Waals surface area contributed by atoms with E-state index in [1.54, 1.807) is 0 Å². The van der Waals surface area contributed by atoms with Crippen molar-refractivity contribution >= 4 is 31.4 Å². The van der Waals surface area contributed by atoms with Crippen LogP contribution in [0.2, 0.25) is 18.1 Å². The number of nitrogens with two attached hydrogens (primary N) is 1. The second-order valence-electron chi connectivity index (χ2n) is 6.78. The SMILES string of the molecule is CCC(=NNC(N)=S)c1cccc(O[Si](C)(C)C(C)(C)C)c1. The van der Waals surface area contributed by atoms with Gasteiger partial charge in [0.15, 0.2) is 5.11 Å². The third-order valence-electron chi connectivity index (χ3n) is 3.98. The van der Waals surface area contributed by atoms with E-state index >= 15 is 0 Å². The van der Waals surface area contributed by atoms with Crippen molar-refractivity contribution in [1.29, 1.82) is 0 Å². The fourth-order valence-corrected chi connectivity index (χ4v) is 2.73. The van der Waals surface area contributed by atoms with Gasteiger partial charge in [0.2, 0.25) is 8.32 Å². The fourth-order valence-electron chi connectivity index (χ4n) is 1.66. The Balaban J connectivity index is 3.04. The van der Waals surface area contributed by atoms with Gasteiger partial charge in [0.25, 0.3) is 0 Å². The van der Waals surface area contributed by atoms with E-state index in [1.807, 2.05) is 31.2 Å². The molecule has 0 heterocycles. The molecule has 0 fully saturated rings. The van der Waals surface area contributed by atoms with Crippen molar-refractivity contribution < 1.29 is 4.43 Å². The first-order valence-electron chi connectivity index (χ1n) is 7.48. The van der Waals surface area contributed by atoms with Crippen molar-refractivity contribution in [2.24, 2.45) is 10.8 Å². The smallest absolute Gasteiger partial charge is 0.250 e. The van der Waals surface area contributed by atoms with E-state index in [-0.39, 0.29) is 10.2 Å². The predicted octanol–water partition coefficient (Wildman–Crippen LogP) is 4.02. The highest BCUT2D eigenvalue weighted by Crippen LogP contribution is 2.37. The second-order valence-corrected chi connectivity index (χ2v) is 11.9. The lowest BCUT2D eigenvalue weighted by atomic mass is 10.1. The lowest BCUT2D eigenvalue weighted by Gasteiger charge is -2.36. The van der Waals surface area contributed by atoms with Crippen LogP contribution in [0.25, 0.3) is 0 Å². The monoisotopic (exact) mass is 337 g/mol. The van der Waals surface area contributed by atoms with Gasteiger partial charge in [-0.25, -0.2) is 0 Å². The molecule has 0 aliphatic rings. The number of hydrogen-bond acceptors (Lipinski definition) is 3. The number of nitrogens with one attached hydrogen (secondary N) is 1. The Morgan fingerprint density at radius 1 is 1.36 bits per heavy atom. The molecule has 1 aromatic carbocycles. The van der Waals surface area contributed by atoms with Gasteiger partial charge in [0.1, 0.15) is 5.75 Å². The van der Waals surface area contributed by atoms with E-state index in [0.717, 1.165) is 23.4 Å².